The van der Waals surface area contributed by atoms with Crippen LogP contribution < -0.4 is 0 Å². The Morgan fingerprint density at radius 1 is 1.26 bits per heavy atom. The molecular weight excluding hydrogens is 260 g/mol. The zero-order valence-electron chi connectivity index (χ0n) is 10.7. The first-order valence-corrected chi connectivity index (χ1v) is 7.03. The highest BCUT2D eigenvalue weighted by molar-refractivity contribution is 6.31. The second-order valence-corrected chi connectivity index (χ2v) is 5.28. The van der Waals surface area contributed by atoms with Crippen molar-refractivity contribution in [2.45, 2.75) is 25.4 Å². The van der Waals surface area contributed by atoms with Gasteiger partial charge in [-0.05, 0) is 31.0 Å². The van der Waals surface area contributed by atoms with E-state index in [9.17, 15) is 0 Å². The van der Waals surface area contributed by atoms with Gasteiger partial charge in [-0.25, -0.2) is 4.98 Å². The van der Waals surface area contributed by atoms with Crippen LogP contribution in [0.3, 0.4) is 0 Å². The topological polar surface area (TPSA) is 34.0 Å². The van der Waals surface area contributed by atoms with Gasteiger partial charge in [-0.1, -0.05) is 29.8 Å². The Morgan fingerprint density at radius 3 is 2.95 bits per heavy atom. The molecule has 1 aliphatic heterocycles. The minimum atomic E-state index is 0.442. The molecule has 0 spiro atoms. The Kier molecular flexibility index (Phi) is 3.80. The van der Waals surface area contributed by atoms with Crippen molar-refractivity contribution in [1.82, 2.24) is 19.7 Å². The quantitative estimate of drug-likeness (QED) is 0.861. The number of benzene rings is 1. The maximum absolute atomic E-state index is 6.32. The number of nitrogens with zero attached hydrogens (tertiary/aromatic N) is 4. The van der Waals surface area contributed by atoms with Gasteiger partial charge in [0.15, 0.2) is 0 Å². The van der Waals surface area contributed by atoms with Crippen molar-refractivity contribution in [3.63, 3.8) is 0 Å². The second kappa shape index (κ2) is 5.72. The molecule has 0 aliphatic carbocycles. The molecule has 1 aromatic heterocycles. The van der Waals surface area contributed by atoms with Crippen LogP contribution in [0.5, 0.6) is 0 Å². The van der Waals surface area contributed by atoms with Gasteiger partial charge in [-0.15, -0.1) is 0 Å². The van der Waals surface area contributed by atoms with Crippen molar-refractivity contribution >= 4 is 11.6 Å². The van der Waals surface area contributed by atoms with E-state index in [1.165, 1.54) is 18.4 Å². The van der Waals surface area contributed by atoms with Gasteiger partial charge in [-0.2, -0.15) is 5.10 Å². The Hall–Kier alpha value is -1.39. The van der Waals surface area contributed by atoms with Crippen LogP contribution in [0.1, 0.15) is 24.4 Å². The monoisotopic (exact) mass is 276 g/mol. The molecule has 1 aliphatic rings. The lowest BCUT2D eigenvalue weighted by Crippen LogP contribution is -2.27. The summed E-state index contributed by atoms with van der Waals surface area (Å²) in [6.45, 7) is 2.99. The average Bonchev–Trinajstić information content (AvgIpc) is 3.08. The molecule has 5 heteroatoms. The maximum Gasteiger partial charge on any atom is 0.137 e. The maximum atomic E-state index is 6.32. The third-order valence-electron chi connectivity index (χ3n) is 3.71. The number of likely N-dealkylation sites (tertiary alicyclic amines) is 1. The predicted molar refractivity (Wildman–Crippen MR) is 75.0 cm³/mol. The first-order valence-electron chi connectivity index (χ1n) is 6.65. The number of halogens is 1. The molecule has 100 valence electrons. The van der Waals surface area contributed by atoms with Gasteiger partial charge >= 0.3 is 0 Å². The number of hydrogen-bond acceptors (Lipinski definition) is 3. The van der Waals surface area contributed by atoms with Gasteiger partial charge in [0.25, 0.3) is 0 Å². The van der Waals surface area contributed by atoms with Gasteiger partial charge in [-0.3, -0.25) is 9.58 Å². The molecule has 1 aromatic carbocycles. The van der Waals surface area contributed by atoms with E-state index in [4.69, 9.17) is 11.6 Å². The highest BCUT2D eigenvalue weighted by atomic mass is 35.5. The minimum Gasteiger partial charge on any atom is -0.294 e. The zero-order valence-corrected chi connectivity index (χ0v) is 11.5. The molecule has 2 aromatic rings. The smallest absolute Gasteiger partial charge is 0.137 e. The predicted octanol–water partition coefficient (Wildman–Crippen LogP) is 2.77. The highest BCUT2D eigenvalue weighted by Crippen LogP contribution is 2.35. The molecule has 4 nitrogen and oxygen atoms in total. The van der Waals surface area contributed by atoms with Crippen LogP contribution in [0, 0.1) is 0 Å². The van der Waals surface area contributed by atoms with Crippen LogP contribution in [-0.2, 0) is 6.54 Å². The molecule has 1 fully saturated rings. The molecule has 0 radical (unpaired) electrons. The summed E-state index contributed by atoms with van der Waals surface area (Å²) in [6.07, 6.45) is 5.75. The Morgan fingerprint density at radius 2 is 2.16 bits per heavy atom. The molecule has 1 saturated heterocycles. The summed E-state index contributed by atoms with van der Waals surface area (Å²) in [4.78, 5) is 6.46. The molecule has 3 rings (SSSR count). The molecule has 19 heavy (non-hydrogen) atoms. The lowest BCUT2D eigenvalue weighted by Gasteiger charge is -2.25. The van der Waals surface area contributed by atoms with Crippen LogP contribution in [0.4, 0.5) is 0 Å². The van der Waals surface area contributed by atoms with Crippen LogP contribution in [0.2, 0.25) is 5.02 Å². The van der Waals surface area contributed by atoms with Crippen LogP contribution in [0.15, 0.2) is 36.9 Å². The fourth-order valence-electron chi connectivity index (χ4n) is 2.77. The van der Waals surface area contributed by atoms with Crippen molar-refractivity contribution in [2.75, 3.05) is 13.1 Å². The van der Waals surface area contributed by atoms with Crippen LogP contribution >= 0.6 is 11.6 Å². The van der Waals surface area contributed by atoms with Crippen molar-refractivity contribution in [2.24, 2.45) is 0 Å². The fourth-order valence-corrected chi connectivity index (χ4v) is 3.03. The molecule has 0 N–H and O–H groups in total. The highest BCUT2D eigenvalue weighted by Gasteiger charge is 2.26. The minimum absolute atomic E-state index is 0.442. The van der Waals surface area contributed by atoms with Crippen molar-refractivity contribution in [3.05, 3.63) is 47.5 Å². The van der Waals surface area contributed by atoms with Gasteiger partial charge in [0, 0.05) is 17.6 Å². The third-order valence-corrected chi connectivity index (χ3v) is 4.05. The number of aromatic nitrogens is 3. The molecule has 0 amide bonds. The molecular formula is C14H17ClN4. The first kappa shape index (κ1) is 12.6. The summed E-state index contributed by atoms with van der Waals surface area (Å²) in [5.74, 6) is 0. The fraction of sp³-hybridized carbons (Fsp3) is 0.429. The van der Waals surface area contributed by atoms with Crippen molar-refractivity contribution in [1.29, 1.82) is 0 Å². The van der Waals surface area contributed by atoms with E-state index < -0.39 is 0 Å². The second-order valence-electron chi connectivity index (χ2n) is 4.87. The summed E-state index contributed by atoms with van der Waals surface area (Å²) in [5.41, 5.74) is 1.25. The summed E-state index contributed by atoms with van der Waals surface area (Å²) in [5, 5.41) is 5.02. The van der Waals surface area contributed by atoms with E-state index in [0.29, 0.717) is 6.04 Å². The molecule has 2 heterocycles. The van der Waals surface area contributed by atoms with Crippen molar-refractivity contribution in [3.8, 4) is 0 Å². The van der Waals surface area contributed by atoms with Gasteiger partial charge in [0.1, 0.15) is 12.7 Å². The lowest BCUT2D eigenvalue weighted by atomic mass is 10.0. The summed E-state index contributed by atoms with van der Waals surface area (Å²) < 4.78 is 1.88. The van der Waals surface area contributed by atoms with E-state index >= 15 is 0 Å². The largest absolute Gasteiger partial charge is 0.294 e. The first-order chi connectivity index (χ1) is 9.34. The summed E-state index contributed by atoms with van der Waals surface area (Å²) in [6, 6.07) is 8.61. The van der Waals surface area contributed by atoms with E-state index in [-0.39, 0.29) is 0 Å². The SMILES string of the molecule is Clc1ccccc1C1CCCN1CCn1cncn1. The van der Waals surface area contributed by atoms with Gasteiger partial charge in [0.2, 0.25) is 0 Å². The van der Waals surface area contributed by atoms with Gasteiger partial charge < -0.3 is 0 Å². The molecule has 0 bridgehead atoms. The van der Waals surface area contributed by atoms with Crippen LogP contribution in [0.25, 0.3) is 0 Å². The van der Waals surface area contributed by atoms with Gasteiger partial charge in [0.05, 0.1) is 6.54 Å². The Labute approximate surface area is 118 Å². The molecule has 1 unspecified atom stereocenters. The zero-order chi connectivity index (χ0) is 13.1. The standard InChI is InChI=1S/C14H17ClN4/c15-13-5-2-1-4-12(13)14-6-3-7-18(14)8-9-19-11-16-10-17-19/h1-2,4-5,10-11,14H,3,6-9H2. The Balaban J connectivity index is 1.69. The van der Waals surface area contributed by atoms with E-state index in [2.05, 4.69) is 27.1 Å². The summed E-state index contributed by atoms with van der Waals surface area (Å²) in [7, 11) is 0. The lowest BCUT2D eigenvalue weighted by molar-refractivity contribution is 0.243. The number of rotatable bonds is 4. The average molecular weight is 277 g/mol. The van der Waals surface area contributed by atoms with E-state index in [1.54, 1.807) is 12.7 Å². The normalized spacial score (nSPS) is 19.9. The van der Waals surface area contributed by atoms with Crippen LogP contribution in [-0.4, -0.2) is 32.8 Å². The Bertz CT molecular complexity index is 526. The molecule has 0 saturated carbocycles. The number of hydrogen-bond donors (Lipinski definition) is 0. The summed E-state index contributed by atoms with van der Waals surface area (Å²) >= 11 is 6.32. The molecule has 1 atom stereocenters. The third kappa shape index (κ3) is 2.80. The van der Waals surface area contributed by atoms with Crippen molar-refractivity contribution < 1.29 is 0 Å². The van der Waals surface area contributed by atoms with E-state index in [1.807, 2.05) is 16.8 Å². The van der Waals surface area contributed by atoms with E-state index in [0.717, 1.165) is 24.7 Å².